The molecule has 0 saturated heterocycles. The first kappa shape index (κ1) is 26.6. The second-order valence-corrected chi connectivity index (χ2v) is 8.57. The maximum Gasteiger partial charge on any atom is 0.387 e. The fourth-order valence-corrected chi connectivity index (χ4v) is 3.96. The summed E-state index contributed by atoms with van der Waals surface area (Å²) < 4.78 is 63.4. The number of benzene rings is 3. The lowest BCUT2D eigenvalue weighted by Gasteiger charge is -2.10. The van der Waals surface area contributed by atoms with Crippen LogP contribution in [0.5, 0.6) is 11.5 Å². The van der Waals surface area contributed by atoms with Crippen LogP contribution < -0.4 is 9.47 Å². The van der Waals surface area contributed by atoms with Crippen molar-refractivity contribution in [3.05, 3.63) is 72.3 Å². The van der Waals surface area contributed by atoms with Crippen LogP contribution in [0.4, 0.5) is 17.6 Å². The molecule has 3 aromatic carbocycles. The molecule has 0 atom stereocenters. The van der Waals surface area contributed by atoms with Gasteiger partial charge in [0.25, 0.3) is 0 Å². The first-order valence-electron chi connectivity index (χ1n) is 12.3. The Labute approximate surface area is 204 Å². The lowest BCUT2D eigenvalue weighted by Crippen LogP contribution is -2.03. The summed E-state index contributed by atoms with van der Waals surface area (Å²) in [6, 6.07) is 15.5. The molecule has 0 saturated carbocycles. The van der Waals surface area contributed by atoms with Gasteiger partial charge in [0.05, 0.1) is 6.61 Å². The maximum absolute atomic E-state index is 14.8. The quantitative estimate of drug-likeness (QED) is 0.166. The number of ether oxygens (including phenoxy) is 2. The molecule has 2 nitrogen and oxygen atoms in total. The van der Waals surface area contributed by atoms with E-state index in [0.717, 1.165) is 29.9 Å². The van der Waals surface area contributed by atoms with Gasteiger partial charge >= 0.3 is 6.61 Å². The fourth-order valence-electron chi connectivity index (χ4n) is 3.96. The zero-order valence-corrected chi connectivity index (χ0v) is 20.0. The minimum Gasteiger partial charge on any atom is -0.494 e. The number of unbranched alkanes of at least 4 members (excludes halogenated alkanes) is 7. The average molecular weight is 489 g/mol. The van der Waals surface area contributed by atoms with E-state index in [9.17, 15) is 17.6 Å². The predicted molar refractivity (Wildman–Crippen MR) is 132 cm³/mol. The predicted octanol–water partition coefficient (Wildman–Crippen LogP) is 9.42. The minimum absolute atomic E-state index is 0.168. The summed E-state index contributed by atoms with van der Waals surface area (Å²) in [4.78, 5) is 0. The molecule has 0 aliphatic carbocycles. The smallest absolute Gasteiger partial charge is 0.387 e. The van der Waals surface area contributed by atoms with Crippen molar-refractivity contribution in [2.75, 3.05) is 6.61 Å². The Bertz CT molecular complexity index is 1050. The van der Waals surface area contributed by atoms with Gasteiger partial charge in [0.15, 0.2) is 11.6 Å². The zero-order chi connectivity index (χ0) is 25.0. The van der Waals surface area contributed by atoms with Gasteiger partial charge in [0.1, 0.15) is 11.6 Å². The van der Waals surface area contributed by atoms with Crippen LogP contribution >= 0.6 is 0 Å². The number of halogens is 4. The number of hydrogen-bond acceptors (Lipinski definition) is 2. The molecule has 0 aliphatic heterocycles. The van der Waals surface area contributed by atoms with Crippen LogP contribution in [0.3, 0.4) is 0 Å². The SMILES string of the molecule is CCCCCCCCCCOc1ccc(-c2ccc(-c3ccc(OC(F)F)c(F)c3)c(F)c2)cc1. The van der Waals surface area contributed by atoms with E-state index in [0.29, 0.717) is 12.2 Å². The molecule has 0 N–H and O–H groups in total. The molecule has 3 rings (SSSR count). The molecule has 35 heavy (non-hydrogen) atoms. The fraction of sp³-hybridized carbons (Fsp3) is 0.379. The Kier molecular flexibility index (Phi) is 10.5. The highest BCUT2D eigenvalue weighted by atomic mass is 19.3. The highest BCUT2D eigenvalue weighted by Crippen LogP contribution is 2.31. The van der Waals surface area contributed by atoms with Gasteiger partial charge in [-0.25, -0.2) is 8.78 Å². The van der Waals surface area contributed by atoms with E-state index < -0.39 is 24.0 Å². The molecule has 0 fully saturated rings. The Balaban J connectivity index is 1.53. The van der Waals surface area contributed by atoms with Gasteiger partial charge in [0.2, 0.25) is 0 Å². The third kappa shape index (κ3) is 8.30. The van der Waals surface area contributed by atoms with E-state index in [1.165, 1.54) is 57.1 Å². The number of rotatable bonds is 14. The van der Waals surface area contributed by atoms with E-state index in [2.05, 4.69) is 11.7 Å². The topological polar surface area (TPSA) is 18.5 Å². The van der Waals surface area contributed by atoms with Crippen LogP contribution in [-0.4, -0.2) is 13.2 Å². The normalized spacial score (nSPS) is 11.1. The molecule has 0 radical (unpaired) electrons. The summed E-state index contributed by atoms with van der Waals surface area (Å²) in [5.74, 6) is -1.32. The summed E-state index contributed by atoms with van der Waals surface area (Å²) in [6.45, 7) is -0.231. The molecule has 0 unspecified atom stereocenters. The van der Waals surface area contributed by atoms with Crippen molar-refractivity contribution >= 4 is 0 Å². The van der Waals surface area contributed by atoms with Crippen molar-refractivity contribution in [2.45, 2.75) is 64.9 Å². The molecule has 0 heterocycles. The number of hydrogen-bond donors (Lipinski definition) is 0. The molecular weight excluding hydrogens is 456 g/mol. The van der Waals surface area contributed by atoms with Gasteiger partial charge in [-0.3, -0.25) is 0 Å². The van der Waals surface area contributed by atoms with Gasteiger partial charge in [0, 0.05) is 5.56 Å². The van der Waals surface area contributed by atoms with Crippen molar-refractivity contribution < 1.29 is 27.0 Å². The third-order valence-electron chi connectivity index (χ3n) is 5.88. The highest BCUT2D eigenvalue weighted by Gasteiger charge is 2.13. The summed E-state index contributed by atoms with van der Waals surface area (Å²) in [5, 5.41) is 0. The molecule has 3 aromatic rings. The maximum atomic E-state index is 14.8. The van der Waals surface area contributed by atoms with Gasteiger partial charge in [-0.15, -0.1) is 0 Å². The van der Waals surface area contributed by atoms with Crippen LogP contribution in [0.2, 0.25) is 0 Å². The Hall–Kier alpha value is -3.02. The lowest BCUT2D eigenvalue weighted by atomic mass is 9.99. The van der Waals surface area contributed by atoms with Crippen molar-refractivity contribution in [3.8, 4) is 33.8 Å². The largest absolute Gasteiger partial charge is 0.494 e. The van der Waals surface area contributed by atoms with E-state index in [4.69, 9.17) is 4.74 Å². The molecule has 0 amide bonds. The van der Waals surface area contributed by atoms with Gasteiger partial charge in [-0.2, -0.15) is 8.78 Å². The molecule has 6 heteroatoms. The molecule has 0 bridgehead atoms. The standard InChI is InChI=1S/C29H32F4O2/c1-2-3-4-5-6-7-8-9-18-34-24-14-10-21(11-15-24)22-12-16-25(26(30)19-22)23-13-17-28(27(31)20-23)35-29(32)33/h10-17,19-20,29H,2-9,18H2,1H3. The van der Waals surface area contributed by atoms with E-state index in [1.807, 2.05) is 24.3 Å². The van der Waals surface area contributed by atoms with Crippen molar-refractivity contribution in [2.24, 2.45) is 0 Å². The molecular formula is C29H32F4O2. The second kappa shape index (κ2) is 13.8. The van der Waals surface area contributed by atoms with Crippen LogP contribution in [-0.2, 0) is 0 Å². The summed E-state index contributed by atoms with van der Waals surface area (Å²) in [5.41, 5.74) is 1.89. The van der Waals surface area contributed by atoms with Gasteiger partial charge < -0.3 is 9.47 Å². The van der Waals surface area contributed by atoms with Crippen LogP contribution in [0, 0.1) is 11.6 Å². The van der Waals surface area contributed by atoms with Crippen molar-refractivity contribution in [3.63, 3.8) is 0 Å². The zero-order valence-electron chi connectivity index (χ0n) is 20.0. The first-order valence-corrected chi connectivity index (χ1v) is 12.3. The lowest BCUT2D eigenvalue weighted by molar-refractivity contribution is -0.0521. The summed E-state index contributed by atoms with van der Waals surface area (Å²) >= 11 is 0. The monoisotopic (exact) mass is 488 g/mol. The molecule has 0 spiro atoms. The van der Waals surface area contributed by atoms with Crippen molar-refractivity contribution in [1.29, 1.82) is 0 Å². The Morgan fingerprint density at radius 2 is 1.26 bits per heavy atom. The third-order valence-corrected chi connectivity index (χ3v) is 5.88. The molecule has 0 aromatic heterocycles. The first-order chi connectivity index (χ1) is 17.0. The van der Waals surface area contributed by atoms with E-state index in [1.54, 1.807) is 12.1 Å². The van der Waals surface area contributed by atoms with E-state index >= 15 is 0 Å². The van der Waals surface area contributed by atoms with Crippen LogP contribution in [0.1, 0.15) is 58.3 Å². The highest BCUT2D eigenvalue weighted by molar-refractivity contribution is 5.71. The van der Waals surface area contributed by atoms with Crippen LogP contribution in [0.25, 0.3) is 22.3 Å². The van der Waals surface area contributed by atoms with Crippen LogP contribution in [0.15, 0.2) is 60.7 Å². The summed E-state index contributed by atoms with van der Waals surface area (Å²) in [6.07, 6.45) is 9.97. The molecule has 0 aliphatic rings. The van der Waals surface area contributed by atoms with E-state index in [-0.39, 0.29) is 11.1 Å². The molecule has 188 valence electrons. The minimum atomic E-state index is -3.13. The van der Waals surface area contributed by atoms with Crippen molar-refractivity contribution in [1.82, 2.24) is 0 Å². The Morgan fingerprint density at radius 1 is 0.657 bits per heavy atom. The van der Waals surface area contributed by atoms with Gasteiger partial charge in [-0.1, -0.05) is 82.2 Å². The average Bonchev–Trinajstić information content (AvgIpc) is 2.84. The number of alkyl halides is 2. The Morgan fingerprint density at radius 3 is 1.89 bits per heavy atom. The second-order valence-electron chi connectivity index (χ2n) is 8.57. The summed E-state index contributed by atoms with van der Waals surface area (Å²) in [7, 11) is 0. The van der Waals surface area contributed by atoms with Gasteiger partial charge in [-0.05, 0) is 53.4 Å².